The molecular weight excluding hydrogens is 332 g/mol. The van der Waals surface area contributed by atoms with Crippen LogP contribution in [-0.2, 0) is 10.3 Å². The van der Waals surface area contributed by atoms with Gasteiger partial charge in [-0.3, -0.25) is 20.1 Å². The molecule has 0 radical (unpaired) electrons. The summed E-state index contributed by atoms with van der Waals surface area (Å²) in [6, 6.07) is 12.4. The molecule has 1 aliphatic heterocycles. The zero-order valence-corrected chi connectivity index (χ0v) is 14.9. The van der Waals surface area contributed by atoms with Crippen LogP contribution in [0.15, 0.2) is 48.8 Å². The van der Waals surface area contributed by atoms with E-state index in [0.29, 0.717) is 6.42 Å². The molecule has 3 aromatic rings. The van der Waals surface area contributed by atoms with Crippen molar-refractivity contribution < 1.29 is 4.79 Å². The van der Waals surface area contributed by atoms with Gasteiger partial charge in [0.15, 0.2) is 5.96 Å². The van der Waals surface area contributed by atoms with Gasteiger partial charge >= 0.3 is 0 Å². The summed E-state index contributed by atoms with van der Waals surface area (Å²) >= 11 is 1.68. The van der Waals surface area contributed by atoms with Crippen molar-refractivity contribution in [1.29, 1.82) is 5.41 Å². The second-order valence-corrected chi connectivity index (χ2v) is 7.56. The molecule has 6 heteroatoms. The first kappa shape index (κ1) is 15.8. The highest BCUT2D eigenvalue weighted by Crippen LogP contribution is 2.40. The highest BCUT2D eigenvalue weighted by atomic mass is 32.1. The van der Waals surface area contributed by atoms with Crippen molar-refractivity contribution in [3.8, 4) is 11.1 Å². The summed E-state index contributed by atoms with van der Waals surface area (Å²) in [5, 5.41) is 12.4. The minimum Gasteiger partial charge on any atom is -0.345 e. The molecule has 1 amide bonds. The maximum Gasteiger partial charge on any atom is 0.231 e. The fourth-order valence-electron chi connectivity index (χ4n) is 3.18. The van der Waals surface area contributed by atoms with Crippen molar-refractivity contribution in [3.05, 3.63) is 53.7 Å². The zero-order valence-electron chi connectivity index (χ0n) is 14.0. The van der Waals surface area contributed by atoms with Crippen LogP contribution in [0.25, 0.3) is 21.2 Å². The molecule has 1 aromatic carbocycles. The summed E-state index contributed by atoms with van der Waals surface area (Å²) in [6.07, 6.45) is 3.92. The van der Waals surface area contributed by atoms with Crippen LogP contribution in [0, 0.1) is 5.41 Å². The average molecular weight is 350 g/mol. The van der Waals surface area contributed by atoms with E-state index < -0.39 is 5.54 Å². The van der Waals surface area contributed by atoms with Crippen LogP contribution >= 0.6 is 11.3 Å². The Bertz CT molecular complexity index is 962. The number of thiophene rings is 1. The highest BCUT2D eigenvalue weighted by molar-refractivity contribution is 7.19. The molecular formula is C19H18N4OS. The lowest BCUT2D eigenvalue weighted by molar-refractivity contribution is -0.129. The number of aromatic nitrogens is 1. The van der Waals surface area contributed by atoms with Crippen LogP contribution in [0.5, 0.6) is 0 Å². The van der Waals surface area contributed by atoms with Gasteiger partial charge in [0.1, 0.15) is 0 Å². The van der Waals surface area contributed by atoms with Crippen molar-refractivity contribution in [1.82, 2.24) is 15.2 Å². The Hall–Kier alpha value is -2.73. The van der Waals surface area contributed by atoms with E-state index in [2.05, 4.69) is 28.5 Å². The molecule has 1 saturated heterocycles. The van der Waals surface area contributed by atoms with E-state index in [1.165, 1.54) is 9.60 Å². The van der Waals surface area contributed by atoms with Gasteiger partial charge < -0.3 is 5.32 Å². The lowest BCUT2D eigenvalue weighted by Gasteiger charge is -2.38. The number of guanidine groups is 1. The molecule has 25 heavy (non-hydrogen) atoms. The van der Waals surface area contributed by atoms with Crippen molar-refractivity contribution in [3.63, 3.8) is 0 Å². The highest BCUT2D eigenvalue weighted by Gasteiger charge is 2.39. The number of fused-ring (bicyclic) bond motifs is 1. The first-order chi connectivity index (χ1) is 12.0. The maximum atomic E-state index is 12.2. The van der Waals surface area contributed by atoms with E-state index in [4.69, 9.17) is 5.41 Å². The molecule has 1 fully saturated rings. The fraction of sp³-hybridized carbons (Fsp3) is 0.211. The molecule has 126 valence electrons. The van der Waals surface area contributed by atoms with E-state index >= 15 is 0 Å². The standard InChI is InChI=1S/C19H18N4OS/c1-19(11-16(24)23(2)18(20)22-19)15-10-13-4-3-5-14(17(13)25-15)12-6-8-21-9-7-12/h3-10H,11H2,1-2H3,(H2,20,22)/t19-/m0/s1. The van der Waals surface area contributed by atoms with Gasteiger partial charge in [0, 0.05) is 29.0 Å². The van der Waals surface area contributed by atoms with E-state index in [0.717, 1.165) is 21.4 Å². The number of carbonyl (C=O) groups excluding carboxylic acids is 1. The summed E-state index contributed by atoms with van der Waals surface area (Å²) < 4.78 is 1.18. The zero-order chi connectivity index (χ0) is 17.6. The van der Waals surface area contributed by atoms with Gasteiger partial charge in [-0.05, 0) is 41.6 Å². The Morgan fingerprint density at radius 3 is 2.76 bits per heavy atom. The predicted molar refractivity (Wildman–Crippen MR) is 101 cm³/mol. The Morgan fingerprint density at radius 1 is 1.28 bits per heavy atom. The van der Waals surface area contributed by atoms with Gasteiger partial charge in [-0.25, -0.2) is 0 Å². The first-order valence-electron chi connectivity index (χ1n) is 8.05. The van der Waals surface area contributed by atoms with Gasteiger partial charge in [-0.1, -0.05) is 18.2 Å². The second kappa shape index (κ2) is 5.67. The molecule has 2 aromatic heterocycles. The molecule has 0 unspecified atom stereocenters. The van der Waals surface area contributed by atoms with E-state index in [1.807, 2.05) is 25.1 Å². The molecule has 0 bridgehead atoms. The second-order valence-electron chi connectivity index (χ2n) is 6.51. The first-order valence-corrected chi connectivity index (χ1v) is 8.86. The van der Waals surface area contributed by atoms with Crippen LogP contribution in [0.4, 0.5) is 0 Å². The molecule has 2 N–H and O–H groups in total. The number of carbonyl (C=O) groups is 1. The third-order valence-corrected chi connectivity index (χ3v) is 6.14. The summed E-state index contributed by atoms with van der Waals surface area (Å²) in [6.45, 7) is 1.99. The van der Waals surface area contributed by atoms with Crippen LogP contribution in [0.1, 0.15) is 18.2 Å². The Labute approximate surface area is 149 Å². The monoisotopic (exact) mass is 350 g/mol. The number of rotatable bonds is 2. The number of hydrogen-bond donors (Lipinski definition) is 2. The number of nitrogens with one attached hydrogen (secondary N) is 2. The molecule has 4 rings (SSSR count). The third kappa shape index (κ3) is 2.59. The van der Waals surface area contributed by atoms with Crippen LogP contribution < -0.4 is 5.32 Å². The SMILES string of the molecule is CN1C(=N)N[C@](C)(c2cc3cccc(-c4ccncc4)c3s2)CC1=O. The Balaban J connectivity index is 1.83. The number of nitrogens with zero attached hydrogens (tertiary/aromatic N) is 2. The third-order valence-electron chi connectivity index (χ3n) is 4.69. The van der Waals surface area contributed by atoms with Crippen molar-refractivity contribution >= 4 is 33.3 Å². The van der Waals surface area contributed by atoms with Crippen molar-refractivity contribution in [2.75, 3.05) is 7.05 Å². The van der Waals surface area contributed by atoms with Crippen molar-refractivity contribution in [2.24, 2.45) is 0 Å². The number of amides is 1. The lowest BCUT2D eigenvalue weighted by Crippen LogP contribution is -2.57. The molecule has 0 aliphatic carbocycles. The van der Waals surface area contributed by atoms with Crippen LogP contribution in [-0.4, -0.2) is 28.8 Å². The molecule has 0 saturated carbocycles. The lowest BCUT2D eigenvalue weighted by atomic mass is 9.92. The molecule has 5 nitrogen and oxygen atoms in total. The van der Waals surface area contributed by atoms with Crippen LogP contribution in [0.2, 0.25) is 0 Å². The summed E-state index contributed by atoms with van der Waals surface area (Å²) in [7, 11) is 1.63. The van der Waals surface area contributed by atoms with Crippen LogP contribution in [0.3, 0.4) is 0 Å². The molecule has 3 heterocycles. The molecule has 1 atom stereocenters. The van der Waals surface area contributed by atoms with E-state index in [9.17, 15) is 4.79 Å². The predicted octanol–water partition coefficient (Wildman–Crippen LogP) is 3.56. The molecule has 1 aliphatic rings. The number of benzene rings is 1. The van der Waals surface area contributed by atoms with Gasteiger partial charge in [0.2, 0.25) is 5.91 Å². The van der Waals surface area contributed by atoms with Crippen molar-refractivity contribution in [2.45, 2.75) is 18.9 Å². The minimum absolute atomic E-state index is 0.0435. The van der Waals surface area contributed by atoms with E-state index in [-0.39, 0.29) is 11.9 Å². The minimum atomic E-state index is -0.556. The average Bonchev–Trinajstić information content (AvgIpc) is 3.05. The Morgan fingerprint density at radius 2 is 2.04 bits per heavy atom. The quantitative estimate of drug-likeness (QED) is 0.742. The normalized spacial score (nSPS) is 20.8. The summed E-state index contributed by atoms with van der Waals surface area (Å²) in [5.41, 5.74) is 1.73. The number of pyridine rings is 1. The van der Waals surface area contributed by atoms with Gasteiger partial charge in [0.25, 0.3) is 0 Å². The van der Waals surface area contributed by atoms with E-state index in [1.54, 1.807) is 30.8 Å². The molecule has 0 spiro atoms. The summed E-state index contributed by atoms with van der Waals surface area (Å²) in [5.74, 6) is 0.101. The topological polar surface area (TPSA) is 69.1 Å². The smallest absolute Gasteiger partial charge is 0.231 e. The van der Waals surface area contributed by atoms with Gasteiger partial charge in [-0.15, -0.1) is 11.3 Å². The fourth-order valence-corrected chi connectivity index (χ4v) is 4.47. The summed E-state index contributed by atoms with van der Waals surface area (Å²) in [4.78, 5) is 18.8. The largest absolute Gasteiger partial charge is 0.345 e. The maximum absolute atomic E-state index is 12.2. The Kier molecular flexibility index (Phi) is 3.58. The number of hydrogen-bond acceptors (Lipinski definition) is 4. The van der Waals surface area contributed by atoms with Gasteiger partial charge in [-0.2, -0.15) is 0 Å². The van der Waals surface area contributed by atoms with Gasteiger partial charge in [0.05, 0.1) is 12.0 Å².